The van der Waals surface area contributed by atoms with E-state index in [1.165, 1.54) is 85.9 Å². The minimum atomic E-state index is -2.07. The molecule has 0 aromatic rings. The van der Waals surface area contributed by atoms with E-state index in [4.69, 9.17) is 3.07 Å². The summed E-state index contributed by atoms with van der Waals surface area (Å²) in [5.74, 6) is 0.182. The van der Waals surface area contributed by atoms with Gasteiger partial charge in [-0.2, -0.15) is 0 Å². The Morgan fingerprint density at radius 1 is 0.773 bits per heavy atom. The number of unbranched alkanes of at least 4 members (excludes halogenated alkanes) is 10. The summed E-state index contributed by atoms with van der Waals surface area (Å²) in [6, 6.07) is 0. The fourth-order valence-electron chi connectivity index (χ4n) is 2.79. The summed E-state index contributed by atoms with van der Waals surface area (Å²) in [6.45, 7) is 4.51. The van der Waals surface area contributed by atoms with Crippen molar-refractivity contribution in [1.82, 2.24) is 0 Å². The molecule has 0 N–H and O–H groups in total. The summed E-state index contributed by atoms with van der Waals surface area (Å²) in [4.78, 5) is 11.5. The van der Waals surface area contributed by atoms with Gasteiger partial charge in [0.2, 0.25) is 0 Å². The molecule has 0 saturated carbocycles. The van der Waals surface area contributed by atoms with Gasteiger partial charge < -0.3 is 0 Å². The summed E-state index contributed by atoms with van der Waals surface area (Å²) in [7, 11) is 0. The second-order valence-electron chi connectivity index (χ2n) is 6.38. The molecule has 0 saturated heterocycles. The van der Waals surface area contributed by atoms with E-state index >= 15 is 0 Å². The van der Waals surface area contributed by atoms with Crippen LogP contribution in [0.5, 0.6) is 0 Å². The standard InChI is InChI=1S/2C8H17.C2H4O2S.Sn.H/c2*1-3-5-7-8-6-4-2;3-2(4)1-5;;/h2*1,3-8H2,2H3;5H,1H2,(H,3,4);;/q;;;+1;/p-1. The Morgan fingerprint density at radius 3 is 1.59 bits per heavy atom. The van der Waals surface area contributed by atoms with Gasteiger partial charge in [0.25, 0.3) is 0 Å². The van der Waals surface area contributed by atoms with Crippen molar-refractivity contribution >= 4 is 38.8 Å². The van der Waals surface area contributed by atoms with Gasteiger partial charge in [0, 0.05) is 0 Å². The summed E-state index contributed by atoms with van der Waals surface area (Å²) in [5.41, 5.74) is 0. The molecule has 0 aliphatic carbocycles. The molecule has 0 aliphatic heterocycles. The summed E-state index contributed by atoms with van der Waals surface area (Å²) >= 11 is 1.98. The zero-order valence-corrected chi connectivity index (χ0v) is 19.1. The minimum absolute atomic E-state index is 0.0684. The first kappa shape index (κ1) is 22.6. The molecule has 0 aliphatic rings. The van der Waals surface area contributed by atoms with Gasteiger partial charge in [-0.25, -0.2) is 0 Å². The van der Waals surface area contributed by atoms with E-state index in [2.05, 4.69) is 26.5 Å². The average molecular weight is 437 g/mol. The van der Waals surface area contributed by atoms with Crippen molar-refractivity contribution in [1.29, 1.82) is 0 Å². The molecule has 4 heteroatoms. The van der Waals surface area contributed by atoms with Gasteiger partial charge in [-0.1, -0.05) is 0 Å². The van der Waals surface area contributed by atoms with E-state index in [0.29, 0.717) is 0 Å². The molecule has 0 radical (unpaired) electrons. The molecule has 0 bridgehead atoms. The third kappa shape index (κ3) is 15.5. The van der Waals surface area contributed by atoms with Gasteiger partial charge in [-0.15, -0.1) is 0 Å². The summed E-state index contributed by atoms with van der Waals surface area (Å²) in [6.07, 6.45) is 16.0. The zero-order valence-electron chi connectivity index (χ0n) is 14.9. The SMILES string of the molecule is CCCCCCC[CH2][SnH]([CH2]CCCCCCC)[O]C(=O)CS. The number of hydrogen-bond donors (Lipinski definition) is 1. The van der Waals surface area contributed by atoms with Crippen LogP contribution in [0.4, 0.5) is 0 Å². The van der Waals surface area contributed by atoms with Crippen LogP contribution in [0.2, 0.25) is 8.87 Å². The Morgan fingerprint density at radius 2 is 1.18 bits per heavy atom. The van der Waals surface area contributed by atoms with Crippen LogP contribution in [-0.2, 0) is 7.87 Å². The molecule has 22 heavy (non-hydrogen) atoms. The number of rotatable bonds is 16. The van der Waals surface area contributed by atoms with Crippen LogP contribution in [-0.4, -0.2) is 31.9 Å². The fourth-order valence-corrected chi connectivity index (χ4v) is 10.3. The van der Waals surface area contributed by atoms with Crippen LogP contribution in [0.25, 0.3) is 0 Å². The van der Waals surface area contributed by atoms with Crippen LogP contribution in [0, 0.1) is 0 Å². The maximum atomic E-state index is 11.5. The van der Waals surface area contributed by atoms with Crippen molar-refractivity contribution < 1.29 is 7.87 Å². The van der Waals surface area contributed by atoms with E-state index < -0.39 is 20.2 Å². The van der Waals surface area contributed by atoms with Crippen LogP contribution in [0.1, 0.15) is 90.9 Å². The predicted octanol–water partition coefficient (Wildman–Crippen LogP) is 5.90. The first-order valence-electron chi connectivity index (χ1n) is 9.54. The van der Waals surface area contributed by atoms with Gasteiger partial charge in [-0.05, 0) is 0 Å². The van der Waals surface area contributed by atoms with Crippen LogP contribution in [0.3, 0.4) is 0 Å². The Hall–Kier alpha value is 0.619. The normalized spacial score (nSPS) is 11.1. The molecule has 132 valence electrons. The number of hydrogen-bond acceptors (Lipinski definition) is 3. The Bertz CT molecular complexity index is 233. The molecule has 0 aromatic heterocycles. The van der Waals surface area contributed by atoms with Crippen molar-refractivity contribution in [3.05, 3.63) is 0 Å². The van der Waals surface area contributed by atoms with Gasteiger partial charge in [0.05, 0.1) is 0 Å². The summed E-state index contributed by atoms with van der Waals surface area (Å²) < 4.78 is 8.23. The third-order valence-corrected chi connectivity index (χ3v) is 12.2. The quantitative estimate of drug-likeness (QED) is 0.185. The molecule has 0 atom stereocenters. The number of thiol groups is 1. The van der Waals surface area contributed by atoms with Crippen LogP contribution >= 0.6 is 12.6 Å². The Kier molecular flexibility index (Phi) is 18.5. The molecule has 0 fully saturated rings. The van der Waals surface area contributed by atoms with E-state index in [1.807, 2.05) is 0 Å². The van der Waals surface area contributed by atoms with Crippen molar-refractivity contribution in [3.63, 3.8) is 0 Å². The average Bonchev–Trinajstić information content (AvgIpc) is 2.53. The van der Waals surface area contributed by atoms with E-state index in [-0.39, 0.29) is 11.7 Å². The van der Waals surface area contributed by atoms with Gasteiger partial charge in [0.1, 0.15) is 0 Å². The second kappa shape index (κ2) is 18.0. The number of carbonyl (C=O) groups is 1. The molecule has 2 nitrogen and oxygen atoms in total. The molecule has 0 unspecified atom stereocenters. The summed E-state index contributed by atoms with van der Waals surface area (Å²) in [5, 5.41) is 0. The van der Waals surface area contributed by atoms with E-state index in [0.717, 1.165) is 0 Å². The van der Waals surface area contributed by atoms with E-state index in [9.17, 15) is 4.79 Å². The van der Waals surface area contributed by atoms with Crippen molar-refractivity contribution in [3.8, 4) is 0 Å². The van der Waals surface area contributed by atoms with Crippen LogP contribution < -0.4 is 0 Å². The van der Waals surface area contributed by atoms with Gasteiger partial charge >= 0.3 is 152 Å². The van der Waals surface area contributed by atoms with E-state index in [1.54, 1.807) is 0 Å². The Balaban J connectivity index is 3.77. The molecule has 0 rings (SSSR count). The van der Waals surface area contributed by atoms with Crippen molar-refractivity contribution in [2.24, 2.45) is 0 Å². The molecular formula is C18H38O2SSn. The van der Waals surface area contributed by atoms with Crippen molar-refractivity contribution in [2.45, 2.75) is 99.8 Å². The topological polar surface area (TPSA) is 26.3 Å². The molecule has 0 amide bonds. The Labute approximate surface area is 151 Å². The molecular weight excluding hydrogens is 399 g/mol. The van der Waals surface area contributed by atoms with Crippen LogP contribution in [0.15, 0.2) is 0 Å². The molecule has 0 aromatic carbocycles. The van der Waals surface area contributed by atoms with Gasteiger partial charge in [0.15, 0.2) is 0 Å². The fraction of sp³-hybridized carbons (Fsp3) is 0.944. The predicted molar refractivity (Wildman–Crippen MR) is 103 cm³/mol. The third-order valence-electron chi connectivity index (χ3n) is 4.19. The molecule has 0 heterocycles. The van der Waals surface area contributed by atoms with Crippen molar-refractivity contribution in [2.75, 3.05) is 5.75 Å². The molecule has 0 spiro atoms. The monoisotopic (exact) mass is 438 g/mol. The zero-order chi connectivity index (χ0) is 16.5. The van der Waals surface area contributed by atoms with Gasteiger partial charge in [-0.3, -0.25) is 0 Å². The first-order chi connectivity index (χ1) is 10.7. The second-order valence-corrected chi connectivity index (χ2v) is 14.2. The number of carbonyl (C=O) groups excluding carboxylic acids is 1. The maximum absolute atomic E-state index is 11.5. The first-order valence-corrected chi connectivity index (χ1v) is 16.2.